The third-order valence-corrected chi connectivity index (χ3v) is 2.70. The molecule has 19 heavy (non-hydrogen) atoms. The van der Waals surface area contributed by atoms with Gasteiger partial charge < -0.3 is 15.8 Å². The molecule has 0 aliphatic heterocycles. The molecule has 0 radical (unpaired) electrons. The highest BCUT2D eigenvalue weighted by molar-refractivity contribution is 5.74. The van der Waals surface area contributed by atoms with Crippen LogP contribution in [0.3, 0.4) is 0 Å². The van der Waals surface area contributed by atoms with Crippen LogP contribution in [0.2, 0.25) is 0 Å². The summed E-state index contributed by atoms with van der Waals surface area (Å²) >= 11 is 0. The zero-order chi connectivity index (χ0) is 14.5. The Hall–Kier alpha value is -1.71. The van der Waals surface area contributed by atoms with Crippen molar-refractivity contribution in [1.82, 2.24) is 5.32 Å². The van der Waals surface area contributed by atoms with Crippen LogP contribution in [0.25, 0.3) is 0 Å². The van der Waals surface area contributed by atoms with Crippen molar-refractivity contribution >= 4 is 5.96 Å². The number of hydrogen-bond acceptors (Lipinski definition) is 2. The second kappa shape index (κ2) is 6.45. The summed E-state index contributed by atoms with van der Waals surface area (Å²) in [6, 6.07) is 7.88. The summed E-state index contributed by atoms with van der Waals surface area (Å²) in [5.74, 6) is 1.46. The van der Waals surface area contributed by atoms with Gasteiger partial charge in [-0.25, -0.2) is 0 Å². The van der Waals surface area contributed by atoms with Crippen LogP contribution in [0.15, 0.2) is 24.3 Å². The predicted octanol–water partition coefficient (Wildman–Crippen LogP) is 2.87. The summed E-state index contributed by atoms with van der Waals surface area (Å²) in [7, 11) is 0. The van der Waals surface area contributed by atoms with Crippen molar-refractivity contribution in [1.29, 1.82) is 5.41 Å². The summed E-state index contributed by atoms with van der Waals surface area (Å²) in [4.78, 5) is 0. The third kappa shape index (κ3) is 6.13. The SMILES string of the molecule is CC(C)CC(C)(C)Oc1ccc(CNC(=N)N)cc1. The van der Waals surface area contributed by atoms with Gasteiger partial charge in [-0.15, -0.1) is 0 Å². The van der Waals surface area contributed by atoms with Crippen LogP contribution >= 0.6 is 0 Å². The smallest absolute Gasteiger partial charge is 0.185 e. The third-order valence-electron chi connectivity index (χ3n) is 2.70. The summed E-state index contributed by atoms with van der Waals surface area (Å²) in [5, 5.41) is 9.89. The minimum Gasteiger partial charge on any atom is -0.488 e. The normalized spacial score (nSPS) is 11.4. The average molecular weight is 263 g/mol. The van der Waals surface area contributed by atoms with E-state index in [0.29, 0.717) is 12.5 Å². The van der Waals surface area contributed by atoms with E-state index in [1.54, 1.807) is 0 Å². The zero-order valence-electron chi connectivity index (χ0n) is 12.3. The first-order valence-corrected chi connectivity index (χ1v) is 6.64. The first kappa shape index (κ1) is 15.3. The van der Waals surface area contributed by atoms with Gasteiger partial charge in [-0.3, -0.25) is 5.41 Å². The second-order valence-corrected chi connectivity index (χ2v) is 5.87. The fourth-order valence-electron chi connectivity index (χ4n) is 2.22. The molecule has 4 heteroatoms. The number of guanidine groups is 1. The van der Waals surface area contributed by atoms with Crippen molar-refractivity contribution in [2.75, 3.05) is 0 Å². The number of nitrogens with one attached hydrogen (secondary N) is 2. The van der Waals surface area contributed by atoms with Crippen LogP contribution in [-0.4, -0.2) is 11.6 Å². The van der Waals surface area contributed by atoms with Crippen LogP contribution in [0, 0.1) is 11.3 Å². The van der Waals surface area contributed by atoms with Crippen LogP contribution in [0.4, 0.5) is 0 Å². The molecule has 0 saturated carbocycles. The molecule has 1 rings (SSSR count). The first-order chi connectivity index (χ1) is 8.78. The topological polar surface area (TPSA) is 71.1 Å². The summed E-state index contributed by atoms with van der Waals surface area (Å²) < 4.78 is 6.01. The molecular formula is C15H25N3O. The molecule has 0 atom stereocenters. The number of nitrogens with two attached hydrogens (primary N) is 1. The fourth-order valence-corrected chi connectivity index (χ4v) is 2.22. The maximum atomic E-state index is 7.11. The lowest BCUT2D eigenvalue weighted by atomic mass is 9.96. The molecule has 4 nitrogen and oxygen atoms in total. The van der Waals surface area contributed by atoms with E-state index < -0.39 is 0 Å². The van der Waals surface area contributed by atoms with Gasteiger partial charge in [-0.2, -0.15) is 0 Å². The highest BCUT2D eigenvalue weighted by Gasteiger charge is 2.21. The fraction of sp³-hybridized carbons (Fsp3) is 0.533. The maximum absolute atomic E-state index is 7.11. The molecule has 0 fully saturated rings. The van der Waals surface area contributed by atoms with E-state index in [1.807, 2.05) is 24.3 Å². The van der Waals surface area contributed by atoms with Gasteiger partial charge in [0.1, 0.15) is 11.4 Å². The Bertz CT molecular complexity index is 410. The number of rotatable bonds is 6. The lowest BCUT2D eigenvalue weighted by Gasteiger charge is -2.28. The average Bonchev–Trinajstić information content (AvgIpc) is 2.25. The molecule has 0 bridgehead atoms. The van der Waals surface area contributed by atoms with Crippen LogP contribution in [0.5, 0.6) is 5.75 Å². The minimum absolute atomic E-state index is 0.0154. The molecule has 0 saturated heterocycles. The molecular weight excluding hydrogens is 238 g/mol. The Morgan fingerprint density at radius 2 is 1.89 bits per heavy atom. The maximum Gasteiger partial charge on any atom is 0.185 e. The lowest BCUT2D eigenvalue weighted by molar-refractivity contribution is 0.0852. The molecule has 0 aromatic heterocycles. The van der Waals surface area contributed by atoms with Gasteiger partial charge in [0.15, 0.2) is 5.96 Å². The Kier molecular flexibility index (Phi) is 5.21. The molecule has 0 aliphatic carbocycles. The van der Waals surface area contributed by atoms with E-state index in [9.17, 15) is 0 Å². The van der Waals surface area contributed by atoms with Gasteiger partial charge in [0.25, 0.3) is 0 Å². The van der Waals surface area contributed by atoms with Gasteiger partial charge in [-0.05, 0) is 43.9 Å². The van der Waals surface area contributed by atoms with Crippen molar-refractivity contribution in [3.05, 3.63) is 29.8 Å². The van der Waals surface area contributed by atoms with Gasteiger partial charge >= 0.3 is 0 Å². The molecule has 4 N–H and O–H groups in total. The van der Waals surface area contributed by atoms with E-state index in [2.05, 4.69) is 33.0 Å². The van der Waals surface area contributed by atoms with Crippen molar-refractivity contribution in [3.8, 4) is 5.75 Å². The number of ether oxygens (including phenoxy) is 1. The molecule has 0 spiro atoms. The summed E-state index contributed by atoms with van der Waals surface area (Å²) in [6.45, 7) is 9.17. The van der Waals surface area contributed by atoms with Crippen LogP contribution in [-0.2, 0) is 6.54 Å². The molecule has 1 aromatic carbocycles. The molecule has 106 valence electrons. The largest absolute Gasteiger partial charge is 0.488 e. The van der Waals surface area contributed by atoms with E-state index >= 15 is 0 Å². The monoisotopic (exact) mass is 263 g/mol. The van der Waals surface area contributed by atoms with Crippen molar-refractivity contribution in [2.45, 2.75) is 46.3 Å². The van der Waals surface area contributed by atoms with Crippen molar-refractivity contribution in [3.63, 3.8) is 0 Å². The van der Waals surface area contributed by atoms with Crippen LogP contribution < -0.4 is 15.8 Å². The van der Waals surface area contributed by atoms with Gasteiger partial charge in [-0.1, -0.05) is 26.0 Å². The Labute approximate surface area is 115 Å². The Balaban J connectivity index is 2.58. The highest BCUT2D eigenvalue weighted by Crippen LogP contribution is 2.24. The molecule has 0 unspecified atom stereocenters. The second-order valence-electron chi connectivity index (χ2n) is 5.87. The quantitative estimate of drug-likeness (QED) is 0.546. The van der Waals surface area contributed by atoms with Crippen molar-refractivity contribution < 1.29 is 4.74 Å². The molecule has 0 aliphatic rings. The molecule has 0 heterocycles. The van der Waals surface area contributed by atoms with Crippen LogP contribution in [0.1, 0.15) is 39.7 Å². The minimum atomic E-state index is -0.159. The number of hydrogen-bond donors (Lipinski definition) is 3. The lowest BCUT2D eigenvalue weighted by Crippen LogP contribution is -2.30. The summed E-state index contributed by atoms with van der Waals surface area (Å²) in [5.41, 5.74) is 6.16. The number of benzene rings is 1. The van der Waals surface area contributed by atoms with Crippen molar-refractivity contribution in [2.24, 2.45) is 11.7 Å². The van der Waals surface area contributed by atoms with E-state index in [0.717, 1.165) is 17.7 Å². The standard InChI is InChI=1S/C15H25N3O/c1-11(2)9-15(3,4)19-13-7-5-12(6-8-13)10-18-14(16)17/h5-8,11H,9-10H2,1-4H3,(H4,16,17,18). The van der Waals surface area contributed by atoms with E-state index in [1.165, 1.54) is 0 Å². The molecule has 0 amide bonds. The predicted molar refractivity (Wildman–Crippen MR) is 79.4 cm³/mol. The van der Waals surface area contributed by atoms with E-state index in [4.69, 9.17) is 15.9 Å². The first-order valence-electron chi connectivity index (χ1n) is 6.64. The summed E-state index contributed by atoms with van der Waals surface area (Å²) in [6.07, 6.45) is 1.01. The Morgan fingerprint density at radius 3 is 2.37 bits per heavy atom. The molecule has 1 aromatic rings. The van der Waals surface area contributed by atoms with Gasteiger partial charge in [0.05, 0.1) is 0 Å². The van der Waals surface area contributed by atoms with Gasteiger partial charge in [0.2, 0.25) is 0 Å². The highest BCUT2D eigenvalue weighted by atomic mass is 16.5. The van der Waals surface area contributed by atoms with E-state index in [-0.39, 0.29) is 11.6 Å². The van der Waals surface area contributed by atoms with Gasteiger partial charge in [0, 0.05) is 6.54 Å². The Morgan fingerprint density at radius 1 is 1.32 bits per heavy atom. The zero-order valence-corrected chi connectivity index (χ0v) is 12.3.